The third-order valence-corrected chi connectivity index (χ3v) is 3.72. The van der Waals surface area contributed by atoms with E-state index in [1.165, 1.54) is 0 Å². The summed E-state index contributed by atoms with van der Waals surface area (Å²) in [5.41, 5.74) is -1.53. The van der Waals surface area contributed by atoms with Crippen molar-refractivity contribution in [2.45, 2.75) is 64.1 Å². The van der Waals surface area contributed by atoms with Gasteiger partial charge in [0, 0.05) is 6.42 Å². The molecule has 0 saturated heterocycles. The largest absolute Gasteiger partial charge is 0.389 e. The summed E-state index contributed by atoms with van der Waals surface area (Å²) in [7, 11) is 0. The molecule has 1 fully saturated rings. The van der Waals surface area contributed by atoms with Gasteiger partial charge in [0.1, 0.15) is 0 Å². The molecule has 0 aromatic rings. The van der Waals surface area contributed by atoms with E-state index in [2.05, 4.69) is 0 Å². The van der Waals surface area contributed by atoms with Gasteiger partial charge < -0.3 is 5.11 Å². The number of aliphatic hydroxyl groups is 1. The molecular weight excluding hydrogens is 205 g/mol. The van der Waals surface area contributed by atoms with E-state index in [1.807, 2.05) is 13.8 Å². The van der Waals surface area contributed by atoms with E-state index >= 15 is 0 Å². The molecule has 1 N–H and O–H groups in total. The predicted octanol–water partition coefficient (Wildman–Crippen LogP) is 3.66. The normalized spacial score (nSPS) is 31.6. The highest BCUT2D eigenvalue weighted by atomic mass is 19.4. The van der Waals surface area contributed by atoms with E-state index in [0.717, 1.165) is 19.3 Å². The first-order valence-electron chi connectivity index (χ1n) is 5.45. The van der Waals surface area contributed by atoms with Gasteiger partial charge in [-0.2, -0.15) is 13.2 Å². The molecule has 1 rings (SSSR count). The van der Waals surface area contributed by atoms with Crippen LogP contribution in [0.4, 0.5) is 13.2 Å². The lowest BCUT2D eigenvalue weighted by Gasteiger charge is -2.46. The Balaban J connectivity index is 2.63. The Hall–Kier alpha value is -0.250. The number of hydrogen-bond donors (Lipinski definition) is 1. The number of halogens is 3. The number of hydrogen-bond acceptors (Lipinski definition) is 1. The van der Waals surface area contributed by atoms with Crippen molar-refractivity contribution in [1.29, 1.82) is 0 Å². The Morgan fingerprint density at radius 2 is 1.67 bits per heavy atom. The van der Waals surface area contributed by atoms with Gasteiger partial charge >= 0.3 is 6.18 Å². The molecule has 0 heterocycles. The molecular formula is C11H19F3O. The maximum absolute atomic E-state index is 12.1. The van der Waals surface area contributed by atoms with Gasteiger partial charge in [-0.05, 0) is 24.7 Å². The molecule has 1 saturated carbocycles. The second-order valence-corrected chi connectivity index (χ2v) is 5.24. The van der Waals surface area contributed by atoms with Gasteiger partial charge in [0.15, 0.2) is 0 Å². The van der Waals surface area contributed by atoms with Gasteiger partial charge in [-0.15, -0.1) is 0 Å². The van der Waals surface area contributed by atoms with Crippen LogP contribution in [0.3, 0.4) is 0 Å². The minimum Gasteiger partial charge on any atom is -0.389 e. The highest BCUT2D eigenvalue weighted by Gasteiger charge is 2.46. The van der Waals surface area contributed by atoms with Crippen LogP contribution in [0.25, 0.3) is 0 Å². The summed E-state index contributed by atoms with van der Waals surface area (Å²) in [6.07, 6.45) is -2.07. The minimum absolute atomic E-state index is 0.163. The van der Waals surface area contributed by atoms with Crippen molar-refractivity contribution < 1.29 is 18.3 Å². The highest BCUT2D eigenvalue weighted by molar-refractivity contribution is 4.96. The SMILES string of the molecule is CC1(C)CCCCC1(O)CCC(F)(F)F. The summed E-state index contributed by atoms with van der Waals surface area (Å²) in [6, 6.07) is 0. The zero-order valence-corrected chi connectivity index (χ0v) is 9.32. The van der Waals surface area contributed by atoms with E-state index in [9.17, 15) is 18.3 Å². The van der Waals surface area contributed by atoms with Gasteiger partial charge in [-0.25, -0.2) is 0 Å². The van der Waals surface area contributed by atoms with Crippen molar-refractivity contribution in [2.24, 2.45) is 5.41 Å². The van der Waals surface area contributed by atoms with Crippen LogP contribution >= 0.6 is 0 Å². The molecule has 0 amide bonds. The van der Waals surface area contributed by atoms with E-state index in [0.29, 0.717) is 6.42 Å². The fourth-order valence-corrected chi connectivity index (χ4v) is 2.37. The molecule has 1 aliphatic carbocycles. The van der Waals surface area contributed by atoms with Crippen LogP contribution in [-0.2, 0) is 0 Å². The van der Waals surface area contributed by atoms with Crippen molar-refractivity contribution in [2.75, 3.05) is 0 Å². The molecule has 1 unspecified atom stereocenters. The van der Waals surface area contributed by atoms with E-state index in [-0.39, 0.29) is 6.42 Å². The van der Waals surface area contributed by atoms with Crippen molar-refractivity contribution >= 4 is 0 Å². The Labute approximate surface area is 88.7 Å². The summed E-state index contributed by atoms with van der Waals surface area (Å²) in [6.45, 7) is 3.73. The van der Waals surface area contributed by atoms with E-state index in [1.54, 1.807) is 0 Å². The lowest BCUT2D eigenvalue weighted by atomic mass is 9.63. The molecule has 0 bridgehead atoms. The zero-order chi connectivity index (χ0) is 11.7. The van der Waals surface area contributed by atoms with Crippen LogP contribution in [-0.4, -0.2) is 16.9 Å². The maximum Gasteiger partial charge on any atom is 0.389 e. The summed E-state index contributed by atoms with van der Waals surface area (Å²) >= 11 is 0. The number of rotatable bonds is 2. The maximum atomic E-state index is 12.1. The molecule has 0 aromatic carbocycles. The summed E-state index contributed by atoms with van der Waals surface area (Å²) < 4.78 is 36.4. The summed E-state index contributed by atoms with van der Waals surface area (Å²) in [5, 5.41) is 10.3. The van der Waals surface area contributed by atoms with Crippen LogP contribution in [0.1, 0.15) is 52.4 Å². The van der Waals surface area contributed by atoms with Crippen molar-refractivity contribution in [3.05, 3.63) is 0 Å². The Kier molecular flexibility index (Phi) is 3.39. The van der Waals surface area contributed by atoms with Crippen LogP contribution in [0, 0.1) is 5.41 Å². The van der Waals surface area contributed by atoms with Gasteiger partial charge in [-0.3, -0.25) is 0 Å². The van der Waals surface area contributed by atoms with Gasteiger partial charge in [0.2, 0.25) is 0 Å². The van der Waals surface area contributed by atoms with E-state index in [4.69, 9.17) is 0 Å². The first kappa shape index (κ1) is 12.8. The Bertz CT molecular complexity index is 222. The van der Waals surface area contributed by atoms with Crippen LogP contribution in [0.5, 0.6) is 0 Å². The van der Waals surface area contributed by atoms with Crippen molar-refractivity contribution in [1.82, 2.24) is 0 Å². The zero-order valence-electron chi connectivity index (χ0n) is 9.32. The predicted molar refractivity (Wildman–Crippen MR) is 52.5 cm³/mol. The first-order valence-corrected chi connectivity index (χ1v) is 5.45. The molecule has 90 valence electrons. The monoisotopic (exact) mass is 224 g/mol. The average molecular weight is 224 g/mol. The van der Waals surface area contributed by atoms with Gasteiger partial charge in [-0.1, -0.05) is 26.7 Å². The first-order chi connectivity index (χ1) is 6.66. The molecule has 4 heteroatoms. The quantitative estimate of drug-likeness (QED) is 0.759. The van der Waals surface area contributed by atoms with E-state index < -0.39 is 23.6 Å². The Morgan fingerprint density at radius 3 is 2.13 bits per heavy atom. The fourth-order valence-electron chi connectivity index (χ4n) is 2.37. The van der Waals surface area contributed by atoms with Crippen LogP contribution in [0.15, 0.2) is 0 Å². The Morgan fingerprint density at radius 1 is 1.13 bits per heavy atom. The molecule has 0 spiro atoms. The summed E-state index contributed by atoms with van der Waals surface area (Å²) in [5.74, 6) is 0. The van der Waals surface area contributed by atoms with Crippen LogP contribution < -0.4 is 0 Å². The summed E-state index contributed by atoms with van der Waals surface area (Å²) in [4.78, 5) is 0. The van der Waals surface area contributed by atoms with Crippen LogP contribution in [0.2, 0.25) is 0 Å². The second-order valence-electron chi connectivity index (χ2n) is 5.24. The van der Waals surface area contributed by atoms with Crippen molar-refractivity contribution in [3.8, 4) is 0 Å². The van der Waals surface area contributed by atoms with Gasteiger partial charge in [0.25, 0.3) is 0 Å². The van der Waals surface area contributed by atoms with Gasteiger partial charge in [0.05, 0.1) is 5.60 Å². The molecule has 1 nitrogen and oxygen atoms in total. The lowest BCUT2D eigenvalue weighted by molar-refractivity contribution is -0.166. The smallest absolute Gasteiger partial charge is 0.389 e. The number of alkyl halides is 3. The molecule has 15 heavy (non-hydrogen) atoms. The molecule has 1 aliphatic rings. The standard InChI is InChI=1S/C11H19F3O/c1-9(2)5-3-4-6-10(9,15)7-8-11(12,13)14/h15H,3-8H2,1-2H3. The third-order valence-electron chi connectivity index (χ3n) is 3.72. The fraction of sp³-hybridized carbons (Fsp3) is 1.00. The molecule has 0 aliphatic heterocycles. The minimum atomic E-state index is -4.16. The average Bonchev–Trinajstić information content (AvgIpc) is 2.06. The topological polar surface area (TPSA) is 20.2 Å². The lowest BCUT2D eigenvalue weighted by Crippen LogP contribution is -2.47. The molecule has 0 aromatic heterocycles. The highest BCUT2D eigenvalue weighted by Crippen LogP contribution is 2.47. The molecule has 0 radical (unpaired) electrons. The second kappa shape index (κ2) is 3.96. The van der Waals surface area contributed by atoms with Crippen molar-refractivity contribution in [3.63, 3.8) is 0 Å². The molecule has 1 atom stereocenters. The third kappa shape index (κ3) is 3.10.